The topological polar surface area (TPSA) is 93.3 Å². The van der Waals surface area contributed by atoms with Crippen molar-refractivity contribution < 1.29 is 4.79 Å². The summed E-state index contributed by atoms with van der Waals surface area (Å²) < 4.78 is 0.646. The van der Waals surface area contributed by atoms with Crippen LogP contribution in [-0.2, 0) is 4.79 Å². The van der Waals surface area contributed by atoms with Gasteiger partial charge < -0.3 is 5.73 Å². The number of carbonyl (C=O) groups is 1. The number of amides is 1. The Labute approximate surface area is 128 Å². The summed E-state index contributed by atoms with van der Waals surface area (Å²) in [4.78, 5) is 11.5. The summed E-state index contributed by atoms with van der Waals surface area (Å²) in [6.07, 6.45) is 1.49. The minimum absolute atomic E-state index is 0.189. The fourth-order valence-corrected chi connectivity index (χ4v) is 2.80. The van der Waals surface area contributed by atoms with E-state index in [4.69, 9.17) is 17.3 Å². The van der Waals surface area contributed by atoms with Gasteiger partial charge in [-0.1, -0.05) is 52.9 Å². The molecule has 0 aliphatic carbocycles. The lowest BCUT2D eigenvalue weighted by Gasteiger charge is -1.98. The molecule has 0 bridgehead atoms. The highest BCUT2D eigenvalue weighted by molar-refractivity contribution is 8.01. The molecular formula is C11H10ClN5OS2. The Morgan fingerprint density at radius 3 is 3.00 bits per heavy atom. The smallest absolute Gasteiger partial charge is 0.250 e. The predicted molar refractivity (Wildman–Crippen MR) is 82.2 cm³/mol. The second-order valence-corrected chi connectivity index (χ2v) is 6.15. The van der Waals surface area contributed by atoms with Crippen molar-refractivity contribution in [2.45, 2.75) is 4.34 Å². The molecule has 0 radical (unpaired) electrons. The van der Waals surface area contributed by atoms with Crippen LogP contribution in [0.4, 0.5) is 5.13 Å². The van der Waals surface area contributed by atoms with Crippen molar-refractivity contribution in [2.75, 3.05) is 11.5 Å². The van der Waals surface area contributed by atoms with Gasteiger partial charge in [-0.15, -0.1) is 10.2 Å². The maximum atomic E-state index is 11.5. The zero-order chi connectivity index (χ0) is 14.4. The minimum atomic E-state index is -0.243. The number of nitrogens with zero attached hydrogens (tertiary/aromatic N) is 3. The van der Waals surface area contributed by atoms with E-state index in [9.17, 15) is 4.79 Å². The molecule has 0 saturated heterocycles. The molecule has 0 atom stereocenters. The predicted octanol–water partition coefficient (Wildman–Crippen LogP) is 2.02. The van der Waals surface area contributed by atoms with Gasteiger partial charge in [0.2, 0.25) is 5.13 Å². The number of halogens is 1. The highest BCUT2D eigenvalue weighted by Gasteiger charge is 2.05. The molecule has 2 aromatic rings. The number of thioether (sulfide) groups is 1. The molecule has 0 fully saturated rings. The van der Waals surface area contributed by atoms with E-state index in [1.54, 1.807) is 12.1 Å². The average molecular weight is 328 g/mol. The van der Waals surface area contributed by atoms with Gasteiger partial charge in [-0.2, -0.15) is 5.10 Å². The van der Waals surface area contributed by atoms with Crippen molar-refractivity contribution in [2.24, 2.45) is 5.10 Å². The van der Waals surface area contributed by atoms with Crippen LogP contribution in [-0.4, -0.2) is 28.1 Å². The number of rotatable bonds is 5. The summed E-state index contributed by atoms with van der Waals surface area (Å²) in [6, 6.07) is 7.21. The van der Waals surface area contributed by atoms with E-state index in [2.05, 4.69) is 20.7 Å². The number of hydrogen-bond donors (Lipinski definition) is 2. The quantitative estimate of drug-likeness (QED) is 0.498. The van der Waals surface area contributed by atoms with Gasteiger partial charge in [0.05, 0.1) is 12.0 Å². The van der Waals surface area contributed by atoms with Gasteiger partial charge in [-0.25, -0.2) is 5.43 Å². The molecule has 1 heterocycles. The van der Waals surface area contributed by atoms with Crippen molar-refractivity contribution in [3.05, 3.63) is 34.9 Å². The van der Waals surface area contributed by atoms with Crippen LogP contribution in [0.1, 0.15) is 5.56 Å². The average Bonchev–Trinajstić information content (AvgIpc) is 2.84. The van der Waals surface area contributed by atoms with E-state index < -0.39 is 0 Å². The van der Waals surface area contributed by atoms with Gasteiger partial charge >= 0.3 is 0 Å². The van der Waals surface area contributed by atoms with Crippen LogP contribution in [0.3, 0.4) is 0 Å². The fraction of sp³-hybridized carbons (Fsp3) is 0.0909. The molecule has 104 valence electrons. The third-order valence-electron chi connectivity index (χ3n) is 2.05. The zero-order valence-electron chi connectivity index (χ0n) is 10.1. The Balaban J connectivity index is 1.79. The molecule has 0 aliphatic heterocycles. The van der Waals surface area contributed by atoms with Crippen LogP contribution in [0.15, 0.2) is 33.7 Å². The molecule has 9 heteroatoms. The largest absolute Gasteiger partial charge is 0.374 e. The van der Waals surface area contributed by atoms with Crippen molar-refractivity contribution >= 4 is 52.0 Å². The number of hydrazone groups is 1. The summed E-state index contributed by atoms with van der Waals surface area (Å²) in [5.74, 6) is -0.0545. The molecule has 0 saturated carbocycles. The molecule has 6 nitrogen and oxygen atoms in total. The zero-order valence-corrected chi connectivity index (χ0v) is 12.5. The first-order valence-corrected chi connectivity index (χ1v) is 7.61. The van der Waals surface area contributed by atoms with Gasteiger partial charge in [0, 0.05) is 10.6 Å². The number of nitrogens with one attached hydrogen (secondary N) is 1. The Morgan fingerprint density at radius 1 is 1.50 bits per heavy atom. The Hall–Kier alpha value is -1.64. The molecule has 0 aliphatic rings. The standard InChI is InChI=1S/C11H10ClN5OS2/c12-8-4-2-1-3-7(8)5-14-15-9(18)6-19-11-17-16-10(13)20-11/h1-5H,6H2,(H2,13,16)(H,15,18)/b14-5+. The maximum absolute atomic E-state index is 11.5. The van der Waals surface area contributed by atoms with Crippen LogP contribution in [0.2, 0.25) is 5.02 Å². The number of nitrogens with two attached hydrogens (primary N) is 1. The number of carbonyl (C=O) groups excluding carboxylic acids is 1. The highest BCUT2D eigenvalue weighted by atomic mass is 35.5. The highest BCUT2D eigenvalue weighted by Crippen LogP contribution is 2.22. The molecule has 1 aromatic heterocycles. The van der Waals surface area contributed by atoms with Gasteiger partial charge in [-0.3, -0.25) is 4.79 Å². The second kappa shape index (κ2) is 7.22. The summed E-state index contributed by atoms with van der Waals surface area (Å²) in [7, 11) is 0. The van der Waals surface area contributed by atoms with E-state index in [0.717, 1.165) is 5.56 Å². The number of nitrogen functional groups attached to an aromatic ring is 1. The normalized spacial score (nSPS) is 10.8. The molecule has 2 rings (SSSR count). The monoisotopic (exact) mass is 327 g/mol. The van der Waals surface area contributed by atoms with E-state index in [1.807, 2.05) is 12.1 Å². The van der Waals surface area contributed by atoms with Crippen LogP contribution in [0.25, 0.3) is 0 Å². The van der Waals surface area contributed by atoms with E-state index >= 15 is 0 Å². The van der Waals surface area contributed by atoms with Gasteiger partial charge in [-0.05, 0) is 6.07 Å². The Morgan fingerprint density at radius 2 is 2.30 bits per heavy atom. The number of benzene rings is 1. The van der Waals surface area contributed by atoms with Crippen molar-refractivity contribution in [1.82, 2.24) is 15.6 Å². The first kappa shape index (κ1) is 14.8. The summed E-state index contributed by atoms with van der Waals surface area (Å²) in [5.41, 5.74) is 8.59. The maximum Gasteiger partial charge on any atom is 0.250 e. The second-order valence-electron chi connectivity index (χ2n) is 3.51. The Bertz CT molecular complexity index is 631. The third-order valence-corrected chi connectivity index (χ3v) is 4.28. The van der Waals surface area contributed by atoms with E-state index in [-0.39, 0.29) is 11.7 Å². The molecule has 3 N–H and O–H groups in total. The number of aromatic nitrogens is 2. The first-order chi connectivity index (χ1) is 9.65. The van der Waals surface area contributed by atoms with Crippen LogP contribution in [0, 0.1) is 0 Å². The molecule has 0 unspecified atom stereocenters. The lowest BCUT2D eigenvalue weighted by atomic mass is 10.2. The van der Waals surface area contributed by atoms with Crippen LogP contribution < -0.4 is 11.2 Å². The number of hydrogen-bond acceptors (Lipinski definition) is 7. The molecule has 1 amide bonds. The third kappa shape index (κ3) is 4.48. The van der Waals surface area contributed by atoms with Crippen molar-refractivity contribution in [3.8, 4) is 0 Å². The van der Waals surface area contributed by atoms with Crippen molar-refractivity contribution in [3.63, 3.8) is 0 Å². The summed E-state index contributed by atoms with van der Waals surface area (Å²) in [5, 5.41) is 12.2. The molecular weight excluding hydrogens is 318 g/mol. The van der Waals surface area contributed by atoms with E-state index in [1.165, 1.54) is 29.3 Å². The van der Waals surface area contributed by atoms with E-state index in [0.29, 0.717) is 14.5 Å². The van der Waals surface area contributed by atoms with Gasteiger partial charge in [0.15, 0.2) is 4.34 Å². The van der Waals surface area contributed by atoms with Crippen molar-refractivity contribution in [1.29, 1.82) is 0 Å². The summed E-state index contributed by atoms with van der Waals surface area (Å²) in [6.45, 7) is 0. The first-order valence-electron chi connectivity index (χ1n) is 5.43. The van der Waals surface area contributed by atoms with Gasteiger partial charge in [0.25, 0.3) is 5.91 Å². The fourth-order valence-electron chi connectivity index (χ4n) is 1.19. The Kier molecular flexibility index (Phi) is 5.33. The van der Waals surface area contributed by atoms with Crippen LogP contribution >= 0.6 is 34.7 Å². The number of anilines is 1. The molecule has 0 spiro atoms. The van der Waals surface area contributed by atoms with Crippen LogP contribution in [0.5, 0.6) is 0 Å². The minimum Gasteiger partial charge on any atom is -0.374 e. The van der Waals surface area contributed by atoms with Gasteiger partial charge in [0.1, 0.15) is 0 Å². The SMILES string of the molecule is Nc1nnc(SCC(=O)N/N=C/c2ccccc2Cl)s1. The molecule has 1 aromatic carbocycles. The lowest BCUT2D eigenvalue weighted by molar-refractivity contribution is -0.118. The summed E-state index contributed by atoms with van der Waals surface area (Å²) >= 11 is 8.44. The molecule has 20 heavy (non-hydrogen) atoms. The lowest BCUT2D eigenvalue weighted by Crippen LogP contribution is -2.19.